The number of hydrogen-bond donors (Lipinski definition) is 1. The van der Waals surface area contributed by atoms with Crippen molar-refractivity contribution in [2.75, 3.05) is 18.4 Å². The van der Waals surface area contributed by atoms with Crippen molar-refractivity contribution in [2.45, 2.75) is 19.4 Å². The molecule has 1 aliphatic rings. The van der Waals surface area contributed by atoms with Gasteiger partial charge in [-0.25, -0.2) is 0 Å². The normalized spacial score (nSPS) is 13.3. The Morgan fingerprint density at radius 3 is 2.59 bits per heavy atom. The summed E-state index contributed by atoms with van der Waals surface area (Å²) < 4.78 is 11.1. The zero-order valence-corrected chi connectivity index (χ0v) is 16.0. The molecule has 0 spiro atoms. The Kier molecular flexibility index (Phi) is 5.61. The first-order chi connectivity index (χ1) is 14.2. The van der Waals surface area contributed by atoms with E-state index in [9.17, 15) is 9.59 Å². The van der Waals surface area contributed by atoms with E-state index in [4.69, 9.17) is 9.15 Å². The van der Waals surface area contributed by atoms with E-state index in [0.717, 1.165) is 25.9 Å². The lowest BCUT2D eigenvalue weighted by atomic mass is 10.1. The Balaban J connectivity index is 1.43. The molecule has 148 valence electrons. The average Bonchev–Trinajstić information content (AvgIpc) is 3.45. The van der Waals surface area contributed by atoms with Gasteiger partial charge in [0.25, 0.3) is 11.8 Å². The third-order valence-corrected chi connectivity index (χ3v) is 4.85. The van der Waals surface area contributed by atoms with Crippen molar-refractivity contribution >= 4 is 17.5 Å². The Hall–Kier alpha value is -3.54. The van der Waals surface area contributed by atoms with Crippen LogP contribution in [0.5, 0.6) is 5.75 Å². The second kappa shape index (κ2) is 8.65. The summed E-state index contributed by atoms with van der Waals surface area (Å²) in [6.45, 7) is 1.79. The van der Waals surface area contributed by atoms with E-state index in [2.05, 4.69) is 5.32 Å². The molecule has 6 heteroatoms. The number of para-hydroxylation sites is 1. The van der Waals surface area contributed by atoms with E-state index in [0.29, 0.717) is 22.6 Å². The van der Waals surface area contributed by atoms with Crippen molar-refractivity contribution < 1.29 is 18.7 Å². The number of anilines is 1. The van der Waals surface area contributed by atoms with Crippen LogP contribution in [0, 0.1) is 0 Å². The van der Waals surface area contributed by atoms with Gasteiger partial charge in [-0.1, -0.05) is 24.3 Å². The van der Waals surface area contributed by atoms with Crippen LogP contribution in [-0.2, 0) is 6.61 Å². The number of hydrogen-bond acceptors (Lipinski definition) is 4. The highest BCUT2D eigenvalue weighted by atomic mass is 16.5. The van der Waals surface area contributed by atoms with Crippen LogP contribution >= 0.6 is 0 Å². The third-order valence-electron chi connectivity index (χ3n) is 4.85. The average molecular weight is 390 g/mol. The summed E-state index contributed by atoms with van der Waals surface area (Å²) in [6, 6.07) is 18.1. The van der Waals surface area contributed by atoms with Gasteiger partial charge in [0, 0.05) is 29.9 Å². The summed E-state index contributed by atoms with van der Waals surface area (Å²) in [6.07, 6.45) is 3.54. The first kappa shape index (κ1) is 18.8. The molecule has 29 heavy (non-hydrogen) atoms. The van der Waals surface area contributed by atoms with Crippen LogP contribution in [0.15, 0.2) is 71.3 Å². The summed E-state index contributed by atoms with van der Waals surface area (Å²) >= 11 is 0. The fourth-order valence-corrected chi connectivity index (χ4v) is 3.35. The highest BCUT2D eigenvalue weighted by Crippen LogP contribution is 2.19. The Morgan fingerprint density at radius 1 is 1.00 bits per heavy atom. The molecule has 0 aliphatic carbocycles. The quantitative estimate of drug-likeness (QED) is 0.679. The highest BCUT2D eigenvalue weighted by Gasteiger charge is 2.20. The predicted octanol–water partition coefficient (Wildman–Crippen LogP) is 4.35. The smallest absolute Gasteiger partial charge is 0.291 e. The van der Waals surface area contributed by atoms with Gasteiger partial charge in [0.2, 0.25) is 0 Å². The summed E-state index contributed by atoms with van der Waals surface area (Å²) in [5.41, 5.74) is 1.76. The molecule has 2 amide bonds. The van der Waals surface area contributed by atoms with E-state index in [1.807, 2.05) is 35.2 Å². The summed E-state index contributed by atoms with van der Waals surface area (Å²) in [5, 5.41) is 2.81. The molecule has 1 aliphatic heterocycles. The van der Waals surface area contributed by atoms with Gasteiger partial charge < -0.3 is 19.4 Å². The van der Waals surface area contributed by atoms with Crippen LogP contribution in [0.25, 0.3) is 0 Å². The fraction of sp³-hybridized carbons (Fsp3) is 0.217. The molecule has 1 N–H and O–H groups in total. The van der Waals surface area contributed by atoms with Crippen LogP contribution in [-0.4, -0.2) is 29.8 Å². The first-order valence-corrected chi connectivity index (χ1v) is 9.65. The van der Waals surface area contributed by atoms with Crippen molar-refractivity contribution in [3.63, 3.8) is 0 Å². The predicted molar refractivity (Wildman–Crippen MR) is 109 cm³/mol. The lowest BCUT2D eigenvalue weighted by molar-refractivity contribution is 0.0792. The van der Waals surface area contributed by atoms with Crippen LogP contribution in [0.4, 0.5) is 5.69 Å². The van der Waals surface area contributed by atoms with Gasteiger partial charge in [0.05, 0.1) is 6.26 Å². The Morgan fingerprint density at radius 2 is 1.79 bits per heavy atom. The largest absolute Gasteiger partial charge is 0.489 e. The summed E-state index contributed by atoms with van der Waals surface area (Å²) in [7, 11) is 0. The maximum atomic E-state index is 12.7. The van der Waals surface area contributed by atoms with E-state index < -0.39 is 0 Å². The minimum absolute atomic E-state index is 0.00597. The number of furan rings is 1. The maximum Gasteiger partial charge on any atom is 0.291 e. The number of carbonyl (C=O) groups is 2. The zero-order valence-electron chi connectivity index (χ0n) is 16.0. The minimum atomic E-state index is -0.382. The molecule has 6 nitrogen and oxygen atoms in total. The number of benzene rings is 2. The molecule has 1 saturated heterocycles. The molecule has 1 aromatic heterocycles. The van der Waals surface area contributed by atoms with Crippen molar-refractivity contribution in [1.82, 2.24) is 4.90 Å². The standard InChI is InChI=1S/C23H22N2O4/c26-22(21-18(11-14-28-21)16-29-20-9-2-1-3-10-20)24-19-8-6-7-17(15-19)23(27)25-12-4-5-13-25/h1-3,6-11,14-15H,4-5,12-13,16H2,(H,24,26). The summed E-state index contributed by atoms with van der Waals surface area (Å²) in [5.74, 6) is 0.520. The SMILES string of the molecule is O=C(Nc1cccc(C(=O)N2CCCC2)c1)c1occc1COc1ccccc1. The Bertz CT molecular complexity index is 991. The topological polar surface area (TPSA) is 71.8 Å². The fourth-order valence-electron chi connectivity index (χ4n) is 3.35. The second-order valence-electron chi connectivity index (χ2n) is 6.91. The van der Waals surface area contributed by atoms with E-state index in [1.165, 1.54) is 6.26 Å². The molecular weight excluding hydrogens is 368 g/mol. The number of amides is 2. The van der Waals surface area contributed by atoms with Gasteiger partial charge in [-0.05, 0) is 49.2 Å². The molecule has 1 fully saturated rings. The maximum absolute atomic E-state index is 12.7. The number of nitrogens with zero attached hydrogens (tertiary/aromatic N) is 1. The molecular formula is C23H22N2O4. The van der Waals surface area contributed by atoms with E-state index >= 15 is 0 Å². The molecule has 0 saturated carbocycles. The number of carbonyl (C=O) groups excluding carboxylic acids is 2. The van der Waals surface area contributed by atoms with Crippen LogP contribution < -0.4 is 10.1 Å². The van der Waals surface area contributed by atoms with E-state index in [1.54, 1.807) is 30.3 Å². The second-order valence-corrected chi connectivity index (χ2v) is 6.91. The van der Waals surface area contributed by atoms with Gasteiger partial charge in [0.15, 0.2) is 5.76 Å². The first-order valence-electron chi connectivity index (χ1n) is 9.65. The molecule has 0 atom stereocenters. The lowest BCUT2D eigenvalue weighted by Crippen LogP contribution is -2.27. The van der Waals surface area contributed by atoms with Crippen LogP contribution in [0.2, 0.25) is 0 Å². The van der Waals surface area contributed by atoms with Gasteiger partial charge >= 0.3 is 0 Å². The van der Waals surface area contributed by atoms with Crippen molar-refractivity contribution in [3.8, 4) is 5.75 Å². The van der Waals surface area contributed by atoms with E-state index in [-0.39, 0.29) is 24.2 Å². The summed E-state index contributed by atoms with van der Waals surface area (Å²) in [4.78, 5) is 27.1. The van der Waals surface area contributed by atoms with Gasteiger partial charge in [-0.15, -0.1) is 0 Å². The van der Waals surface area contributed by atoms with Gasteiger partial charge in [-0.2, -0.15) is 0 Å². The number of nitrogens with one attached hydrogen (secondary N) is 1. The number of ether oxygens (including phenoxy) is 1. The van der Waals surface area contributed by atoms with Crippen LogP contribution in [0.3, 0.4) is 0 Å². The number of rotatable bonds is 6. The Labute approximate surface area is 169 Å². The molecule has 2 aromatic carbocycles. The molecule has 0 radical (unpaired) electrons. The zero-order chi connectivity index (χ0) is 20.1. The van der Waals surface area contributed by atoms with Crippen LogP contribution in [0.1, 0.15) is 39.3 Å². The monoisotopic (exact) mass is 390 g/mol. The van der Waals surface area contributed by atoms with Gasteiger partial charge in [-0.3, -0.25) is 9.59 Å². The highest BCUT2D eigenvalue weighted by molar-refractivity contribution is 6.04. The minimum Gasteiger partial charge on any atom is -0.489 e. The van der Waals surface area contributed by atoms with Crippen molar-refractivity contribution in [3.05, 3.63) is 83.8 Å². The molecule has 2 heterocycles. The molecule has 3 aromatic rings. The number of likely N-dealkylation sites (tertiary alicyclic amines) is 1. The molecule has 0 bridgehead atoms. The molecule has 4 rings (SSSR count). The van der Waals surface area contributed by atoms with Gasteiger partial charge in [0.1, 0.15) is 12.4 Å². The molecule has 0 unspecified atom stereocenters. The third kappa shape index (κ3) is 4.48. The lowest BCUT2D eigenvalue weighted by Gasteiger charge is -2.15. The van der Waals surface area contributed by atoms with Crippen molar-refractivity contribution in [1.29, 1.82) is 0 Å². The van der Waals surface area contributed by atoms with Crippen molar-refractivity contribution in [2.24, 2.45) is 0 Å².